The summed E-state index contributed by atoms with van der Waals surface area (Å²) in [6, 6.07) is 0. The highest BCUT2D eigenvalue weighted by Crippen LogP contribution is 2.08. The fourth-order valence-electron chi connectivity index (χ4n) is 2.04. The molecular weight excluding hydrogens is 242 g/mol. The number of carbonyl (C=O) groups is 2. The van der Waals surface area contributed by atoms with E-state index in [1.165, 1.54) is 0 Å². The van der Waals surface area contributed by atoms with Crippen LogP contribution in [0.1, 0.15) is 20.3 Å². The first-order valence-electron chi connectivity index (χ1n) is 6.74. The summed E-state index contributed by atoms with van der Waals surface area (Å²) in [7, 11) is 0. The smallest absolute Gasteiger partial charge is 0.236 e. The van der Waals surface area contributed by atoms with Crippen LogP contribution in [0.2, 0.25) is 0 Å². The van der Waals surface area contributed by atoms with Gasteiger partial charge in [-0.15, -0.1) is 6.42 Å². The van der Waals surface area contributed by atoms with E-state index in [1.54, 1.807) is 4.90 Å². The zero-order valence-electron chi connectivity index (χ0n) is 11.8. The van der Waals surface area contributed by atoms with Crippen LogP contribution >= 0.6 is 0 Å². The number of piperazine rings is 1. The number of carbonyl (C=O) groups excluding carboxylic acids is 2. The van der Waals surface area contributed by atoms with Crippen LogP contribution < -0.4 is 5.32 Å². The van der Waals surface area contributed by atoms with Crippen molar-refractivity contribution in [3.8, 4) is 12.3 Å². The Balaban J connectivity index is 2.30. The summed E-state index contributed by atoms with van der Waals surface area (Å²) in [5.74, 6) is 3.04. The standard InChI is InChI=1S/C14H23N3O2/c1-4-5-15-11-14(19)17-8-6-16(7-9-17)13(18)10-12(2)3/h1,12,15H,5-11H2,2-3H3. The minimum atomic E-state index is 0.0474. The van der Waals surface area contributed by atoms with E-state index in [4.69, 9.17) is 6.42 Å². The molecule has 1 heterocycles. The van der Waals surface area contributed by atoms with E-state index in [0.717, 1.165) is 0 Å². The Labute approximate surface area is 115 Å². The van der Waals surface area contributed by atoms with Gasteiger partial charge in [0.05, 0.1) is 13.1 Å². The third-order valence-electron chi connectivity index (χ3n) is 3.07. The van der Waals surface area contributed by atoms with Crippen molar-refractivity contribution in [1.82, 2.24) is 15.1 Å². The maximum absolute atomic E-state index is 11.9. The van der Waals surface area contributed by atoms with Crippen molar-refractivity contribution in [2.24, 2.45) is 5.92 Å². The van der Waals surface area contributed by atoms with E-state index in [1.807, 2.05) is 18.7 Å². The highest BCUT2D eigenvalue weighted by atomic mass is 16.2. The van der Waals surface area contributed by atoms with Gasteiger partial charge in [-0.1, -0.05) is 19.8 Å². The molecule has 5 heteroatoms. The average molecular weight is 265 g/mol. The molecule has 0 spiro atoms. The van der Waals surface area contributed by atoms with E-state index in [-0.39, 0.29) is 18.4 Å². The van der Waals surface area contributed by atoms with Gasteiger partial charge in [-0.2, -0.15) is 0 Å². The minimum absolute atomic E-state index is 0.0474. The maximum Gasteiger partial charge on any atom is 0.236 e. The molecule has 0 bridgehead atoms. The van der Waals surface area contributed by atoms with E-state index < -0.39 is 0 Å². The lowest BCUT2D eigenvalue weighted by Gasteiger charge is -2.35. The summed E-state index contributed by atoms with van der Waals surface area (Å²) in [5, 5.41) is 2.88. The van der Waals surface area contributed by atoms with Gasteiger partial charge >= 0.3 is 0 Å². The molecule has 1 saturated heterocycles. The van der Waals surface area contributed by atoms with Crippen LogP contribution in [0, 0.1) is 18.3 Å². The molecule has 1 rings (SSSR count). The van der Waals surface area contributed by atoms with E-state index in [2.05, 4.69) is 11.2 Å². The van der Waals surface area contributed by atoms with Gasteiger partial charge in [-0.25, -0.2) is 0 Å². The molecule has 0 aliphatic carbocycles. The SMILES string of the molecule is C#CCNCC(=O)N1CCN(C(=O)CC(C)C)CC1. The monoisotopic (exact) mass is 265 g/mol. The van der Waals surface area contributed by atoms with E-state index in [0.29, 0.717) is 45.1 Å². The molecule has 0 unspecified atom stereocenters. The molecule has 5 nitrogen and oxygen atoms in total. The summed E-state index contributed by atoms with van der Waals surface area (Å²) < 4.78 is 0. The van der Waals surface area contributed by atoms with Crippen LogP contribution in [-0.4, -0.2) is 60.9 Å². The predicted octanol–water partition coefficient (Wildman–Crippen LogP) is -0.0739. The summed E-state index contributed by atoms with van der Waals surface area (Å²) in [6.07, 6.45) is 5.68. The Kier molecular flexibility index (Phi) is 6.37. The number of rotatable bonds is 5. The van der Waals surface area contributed by atoms with Crippen LogP contribution in [0.4, 0.5) is 0 Å². The summed E-state index contributed by atoms with van der Waals surface area (Å²) in [5.41, 5.74) is 0. The van der Waals surface area contributed by atoms with Crippen LogP contribution in [-0.2, 0) is 9.59 Å². The van der Waals surface area contributed by atoms with Crippen LogP contribution in [0.3, 0.4) is 0 Å². The lowest BCUT2D eigenvalue weighted by atomic mass is 10.1. The van der Waals surface area contributed by atoms with Crippen molar-refractivity contribution in [3.05, 3.63) is 0 Å². The minimum Gasteiger partial charge on any atom is -0.339 e. The van der Waals surface area contributed by atoms with Gasteiger partial charge in [0, 0.05) is 32.6 Å². The zero-order chi connectivity index (χ0) is 14.3. The topological polar surface area (TPSA) is 52.7 Å². The molecule has 2 amide bonds. The van der Waals surface area contributed by atoms with Crippen molar-refractivity contribution >= 4 is 11.8 Å². The van der Waals surface area contributed by atoms with E-state index in [9.17, 15) is 9.59 Å². The van der Waals surface area contributed by atoms with Crippen LogP contribution in [0.15, 0.2) is 0 Å². The molecule has 0 atom stereocenters. The quantitative estimate of drug-likeness (QED) is 0.559. The molecule has 1 N–H and O–H groups in total. The Morgan fingerprint density at radius 2 is 1.68 bits per heavy atom. The molecular formula is C14H23N3O2. The Bertz CT molecular complexity index is 352. The van der Waals surface area contributed by atoms with Gasteiger partial charge in [0.2, 0.25) is 11.8 Å². The van der Waals surface area contributed by atoms with Gasteiger partial charge in [0.25, 0.3) is 0 Å². The number of nitrogens with one attached hydrogen (secondary N) is 1. The second-order valence-electron chi connectivity index (χ2n) is 5.17. The van der Waals surface area contributed by atoms with Gasteiger partial charge in [0.1, 0.15) is 0 Å². The molecule has 1 fully saturated rings. The normalized spacial score (nSPS) is 15.5. The number of terminal acetylenes is 1. The lowest BCUT2D eigenvalue weighted by Crippen LogP contribution is -2.52. The first kappa shape index (κ1) is 15.5. The molecule has 0 saturated carbocycles. The van der Waals surface area contributed by atoms with Crippen molar-refractivity contribution in [2.75, 3.05) is 39.3 Å². The molecule has 0 aromatic heterocycles. The van der Waals surface area contributed by atoms with Crippen molar-refractivity contribution in [3.63, 3.8) is 0 Å². The summed E-state index contributed by atoms with van der Waals surface area (Å²) >= 11 is 0. The molecule has 106 valence electrons. The Morgan fingerprint density at radius 3 is 2.16 bits per heavy atom. The molecule has 0 aromatic rings. The fraction of sp³-hybridized carbons (Fsp3) is 0.714. The second kappa shape index (κ2) is 7.80. The summed E-state index contributed by atoms with van der Waals surface area (Å²) in [6.45, 7) is 7.23. The number of hydrogen-bond donors (Lipinski definition) is 1. The third kappa shape index (κ3) is 5.31. The largest absolute Gasteiger partial charge is 0.339 e. The van der Waals surface area contributed by atoms with Crippen LogP contribution in [0.5, 0.6) is 0 Å². The first-order chi connectivity index (χ1) is 9.04. The lowest BCUT2D eigenvalue weighted by molar-refractivity contribution is -0.139. The molecule has 1 aliphatic heterocycles. The van der Waals surface area contributed by atoms with Gasteiger partial charge in [-0.05, 0) is 5.92 Å². The highest BCUT2D eigenvalue weighted by Gasteiger charge is 2.23. The second-order valence-corrected chi connectivity index (χ2v) is 5.17. The number of hydrogen-bond acceptors (Lipinski definition) is 3. The first-order valence-corrected chi connectivity index (χ1v) is 6.74. The van der Waals surface area contributed by atoms with Crippen molar-refractivity contribution in [2.45, 2.75) is 20.3 Å². The molecule has 1 aliphatic rings. The Hall–Kier alpha value is -1.54. The van der Waals surface area contributed by atoms with Gasteiger partial charge in [-0.3, -0.25) is 14.9 Å². The average Bonchev–Trinajstić information content (AvgIpc) is 2.38. The zero-order valence-corrected chi connectivity index (χ0v) is 11.8. The molecule has 0 aromatic carbocycles. The Morgan fingerprint density at radius 1 is 1.16 bits per heavy atom. The maximum atomic E-state index is 11.9. The van der Waals surface area contributed by atoms with Gasteiger partial charge in [0.15, 0.2) is 0 Å². The molecule has 0 radical (unpaired) electrons. The van der Waals surface area contributed by atoms with Crippen molar-refractivity contribution in [1.29, 1.82) is 0 Å². The van der Waals surface area contributed by atoms with Gasteiger partial charge < -0.3 is 9.80 Å². The van der Waals surface area contributed by atoms with Crippen LogP contribution in [0.25, 0.3) is 0 Å². The molecule has 19 heavy (non-hydrogen) atoms. The summed E-state index contributed by atoms with van der Waals surface area (Å²) in [4.78, 5) is 27.3. The van der Waals surface area contributed by atoms with Crippen molar-refractivity contribution < 1.29 is 9.59 Å². The number of amides is 2. The van der Waals surface area contributed by atoms with E-state index >= 15 is 0 Å². The number of nitrogens with zero attached hydrogens (tertiary/aromatic N) is 2. The third-order valence-corrected chi connectivity index (χ3v) is 3.07. The fourth-order valence-corrected chi connectivity index (χ4v) is 2.04. The predicted molar refractivity (Wildman–Crippen MR) is 74.3 cm³/mol. The highest BCUT2D eigenvalue weighted by molar-refractivity contribution is 5.79.